The van der Waals surface area contributed by atoms with Gasteiger partial charge in [0, 0.05) is 24.3 Å². The molecule has 0 saturated carbocycles. The van der Waals surface area contributed by atoms with Gasteiger partial charge in [-0.05, 0) is 44.3 Å². The number of hydrogen-bond acceptors (Lipinski definition) is 6. The third-order valence-electron chi connectivity index (χ3n) is 5.47. The molecule has 1 amide bonds. The monoisotopic (exact) mass is 449 g/mol. The van der Waals surface area contributed by atoms with E-state index in [0.29, 0.717) is 37.6 Å². The number of nitrogens with zero attached hydrogens (tertiary/aromatic N) is 4. The number of hydrogen-bond donors (Lipinski definition) is 1. The van der Waals surface area contributed by atoms with Crippen LogP contribution in [0, 0.1) is 12.7 Å². The van der Waals surface area contributed by atoms with Crippen LogP contribution >= 0.6 is 0 Å². The molecule has 33 heavy (non-hydrogen) atoms. The van der Waals surface area contributed by atoms with Crippen LogP contribution in [0.2, 0.25) is 0 Å². The van der Waals surface area contributed by atoms with Crippen molar-refractivity contribution in [3.05, 3.63) is 83.4 Å². The molecule has 1 aliphatic rings. The summed E-state index contributed by atoms with van der Waals surface area (Å²) in [6.07, 6.45) is -0.313. The number of pyridine rings is 2. The van der Waals surface area contributed by atoms with Crippen molar-refractivity contribution in [2.45, 2.75) is 19.6 Å². The average Bonchev–Trinajstić information content (AvgIpc) is 2.81. The minimum absolute atomic E-state index is 0.0135. The highest BCUT2D eigenvalue weighted by atomic mass is 19.1. The number of benzene rings is 1. The first-order chi connectivity index (χ1) is 16.0. The van der Waals surface area contributed by atoms with Crippen LogP contribution in [0.4, 0.5) is 16.0 Å². The smallest absolute Gasteiger partial charge is 0.236 e. The van der Waals surface area contributed by atoms with Gasteiger partial charge >= 0.3 is 0 Å². The number of halogens is 1. The Kier molecular flexibility index (Phi) is 7.26. The van der Waals surface area contributed by atoms with Crippen molar-refractivity contribution in [2.24, 2.45) is 0 Å². The van der Waals surface area contributed by atoms with Crippen LogP contribution in [0.5, 0.6) is 0 Å². The van der Waals surface area contributed by atoms with Crippen LogP contribution in [0.25, 0.3) is 0 Å². The Hall–Kier alpha value is -3.36. The van der Waals surface area contributed by atoms with Crippen molar-refractivity contribution in [1.29, 1.82) is 0 Å². The molecule has 0 aliphatic carbocycles. The predicted molar refractivity (Wildman–Crippen MR) is 125 cm³/mol. The Morgan fingerprint density at radius 3 is 2.67 bits per heavy atom. The number of anilines is 2. The second-order valence-electron chi connectivity index (χ2n) is 8.20. The molecule has 3 aromatic rings. The van der Waals surface area contributed by atoms with Gasteiger partial charge in [0.05, 0.1) is 25.4 Å². The number of nitrogens with one attached hydrogen (secondary N) is 1. The molecular weight excluding hydrogens is 421 g/mol. The van der Waals surface area contributed by atoms with E-state index in [1.807, 2.05) is 55.3 Å². The number of carbonyl (C=O) groups is 1. The van der Waals surface area contributed by atoms with Crippen molar-refractivity contribution in [3.63, 3.8) is 0 Å². The van der Waals surface area contributed by atoms with E-state index in [4.69, 9.17) is 4.74 Å². The summed E-state index contributed by atoms with van der Waals surface area (Å²) in [5, 5.41) is 3.22. The molecule has 0 bridgehead atoms. The number of rotatable bonds is 7. The van der Waals surface area contributed by atoms with Gasteiger partial charge in [0.15, 0.2) is 0 Å². The first-order valence-corrected chi connectivity index (χ1v) is 11.0. The summed E-state index contributed by atoms with van der Waals surface area (Å²) in [5.41, 5.74) is 2.25. The van der Waals surface area contributed by atoms with Gasteiger partial charge in [0.25, 0.3) is 0 Å². The fourth-order valence-corrected chi connectivity index (χ4v) is 3.80. The average molecular weight is 450 g/mol. The van der Waals surface area contributed by atoms with E-state index in [0.717, 1.165) is 17.2 Å². The largest absolute Gasteiger partial charge is 0.368 e. The van der Waals surface area contributed by atoms with Crippen molar-refractivity contribution in [2.75, 3.05) is 38.6 Å². The maximum Gasteiger partial charge on any atom is 0.236 e. The summed E-state index contributed by atoms with van der Waals surface area (Å²) in [4.78, 5) is 25.6. The summed E-state index contributed by atoms with van der Waals surface area (Å²) < 4.78 is 19.8. The summed E-state index contributed by atoms with van der Waals surface area (Å²) in [6, 6.07) is 18.1. The number of aryl methyl sites for hydroxylation is 1. The molecule has 8 heteroatoms. The van der Waals surface area contributed by atoms with Crippen molar-refractivity contribution >= 4 is 17.5 Å². The summed E-state index contributed by atoms with van der Waals surface area (Å²) in [5.74, 6) is 1.12. The Morgan fingerprint density at radius 1 is 1.12 bits per heavy atom. The van der Waals surface area contributed by atoms with E-state index >= 15 is 0 Å². The van der Waals surface area contributed by atoms with Crippen molar-refractivity contribution < 1.29 is 13.9 Å². The molecule has 0 unspecified atom stereocenters. The topological polar surface area (TPSA) is 70.6 Å². The van der Waals surface area contributed by atoms with E-state index < -0.39 is 0 Å². The van der Waals surface area contributed by atoms with E-state index in [1.165, 1.54) is 6.07 Å². The molecule has 4 rings (SSSR count). The normalized spacial score (nSPS) is 16.1. The minimum atomic E-state index is -0.313. The molecule has 1 fully saturated rings. The van der Waals surface area contributed by atoms with Crippen LogP contribution in [-0.4, -0.2) is 59.0 Å². The van der Waals surface area contributed by atoms with Crippen molar-refractivity contribution in [3.8, 4) is 0 Å². The number of amides is 1. The Balaban J connectivity index is 1.37. The lowest BCUT2D eigenvalue weighted by atomic mass is 10.1. The molecule has 0 radical (unpaired) electrons. The molecule has 1 saturated heterocycles. The van der Waals surface area contributed by atoms with Gasteiger partial charge in [-0.2, -0.15) is 0 Å². The highest BCUT2D eigenvalue weighted by Crippen LogP contribution is 2.23. The van der Waals surface area contributed by atoms with Crippen LogP contribution < -0.4 is 5.32 Å². The fraction of sp³-hybridized carbons (Fsp3) is 0.320. The standard InChI is InChI=1S/C25H28FN5O2/c1-18-7-5-11-23(27-18)29-24-12-6-10-21(28-24)22-16-31(13-14-33-22)25(32)17-30(2)15-19-8-3-4-9-20(19)26/h3-12,22H,13-17H2,1-2H3,(H,27,28,29)/t22-/m1/s1. The lowest BCUT2D eigenvalue weighted by Gasteiger charge is -2.33. The number of aromatic nitrogens is 2. The maximum absolute atomic E-state index is 13.9. The van der Waals surface area contributed by atoms with E-state index in [-0.39, 0.29) is 24.4 Å². The zero-order chi connectivity index (χ0) is 23.2. The molecule has 0 spiro atoms. The van der Waals surface area contributed by atoms with Gasteiger partial charge in [-0.15, -0.1) is 0 Å². The van der Waals surface area contributed by atoms with Crippen LogP contribution in [0.1, 0.15) is 23.1 Å². The second-order valence-corrected chi connectivity index (χ2v) is 8.20. The van der Waals surface area contributed by atoms with Gasteiger partial charge in [-0.1, -0.05) is 30.3 Å². The highest BCUT2D eigenvalue weighted by Gasteiger charge is 2.27. The molecule has 7 nitrogen and oxygen atoms in total. The highest BCUT2D eigenvalue weighted by molar-refractivity contribution is 5.78. The molecule has 172 valence electrons. The van der Waals surface area contributed by atoms with Gasteiger partial charge < -0.3 is 15.0 Å². The second kappa shape index (κ2) is 10.5. The summed E-state index contributed by atoms with van der Waals surface area (Å²) in [7, 11) is 1.82. The molecule has 1 aromatic carbocycles. The Labute approximate surface area is 193 Å². The molecule has 1 atom stereocenters. The number of likely N-dealkylation sites (N-methyl/N-ethyl adjacent to an activating group) is 1. The van der Waals surface area contributed by atoms with E-state index in [2.05, 4.69) is 15.3 Å². The zero-order valence-electron chi connectivity index (χ0n) is 18.9. The molecule has 2 aromatic heterocycles. The summed E-state index contributed by atoms with van der Waals surface area (Å²) >= 11 is 0. The minimum Gasteiger partial charge on any atom is -0.368 e. The third-order valence-corrected chi connectivity index (χ3v) is 5.47. The summed E-state index contributed by atoms with van der Waals surface area (Å²) in [6.45, 7) is 3.89. The predicted octanol–water partition coefficient (Wildman–Crippen LogP) is 3.70. The zero-order valence-corrected chi connectivity index (χ0v) is 18.9. The van der Waals surface area contributed by atoms with Crippen LogP contribution in [0.15, 0.2) is 60.7 Å². The van der Waals surface area contributed by atoms with Gasteiger partial charge in [-0.25, -0.2) is 14.4 Å². The number of ether oxygens (including phenoxy) is 1. The van der Waals surface area contributed by atoms with Gasteiger partial charge in [0.2, 0.25) is 5.91 Å². The first-order valence-electron chi connectivity index (χ1n) is 11.0. The molecule has 1 N–H and O–H groups in total. The molecule has 1 aliphatic heterocycles. The van der Waals surface area contributed by atoms with Gasteiger partial charge in [-0.3, -0.25) is 9.69 Å². The van der Waals surface area contributed by atoms with Crippen LogP contribution in [-0.2, 0) is 16.1 Å². The Bertz CT molecular complexity index is 1110. The number of carbonyl (C=O) groups excluding carboxylic acids is 1. The van der Waals surface area contributed by atoms with Gasteiger partial charge in [0.1, 0.15) is 23.6 Å². The van der Waals surface area contributed by atoms with Crippen molar-refractivity contribution in [1.82, 2.24) is 19.8 Å². The van der Waals surface area contributed by atoms with E-state index in [1.54, 1.807) is 23.1 Å². The molecular formula is C25H28FN5O2. The number of morpholine rings is 1. The lowest BCUT2D eigenvalue weighted by molar-refractivity contribution is -0.140. The first kappa shape index (κ1) is 22.8. The lowest BCUT2D eigenvalue weighted by Crippen LogP contribution is -2.46. The maximum atomic E-state index is 13.9. The van der Waals surface area contributed by atoms with Crippen LogP contribution in [0.3, 0.4) is 0 Å². The molecule has 3 heterocycles. The SMILES string of the molecule is Cc1cccc(Nc2cccc([C@H]3CN(C(=O)CN(C)Cc4ccccc4F)CCO3)n2)n1. The Morgan fingerprint density at radius 2 is 1.88 bits per heavy atom. The third kappa shape index (κ3) is 6.12. The fourth-order valence-electron chi connectivity index (χ4n) is 3.80. The van der Waals surface area contributed by atoms with E-state index in [9.17, 15) is 9.18 Å². The quantitative estimate of drug-likeness (QED) is 0.593.